The fraction of sp³-hybridized carbons (Fsp3) is 0.400. The highest BCUT2D eigenvalue weighted by atomic mass is 16.2. The lowest BCUT2D eigenvalue weighted by Crippen LogP contribution is -2.43. The van der Waals surface area contributed by atoms with Crippen LogP contribution in [0.4, 0.5) is 16.2 Å². The van der Waals surface area contributed by atoms with Gasteiger partial charge in [-0.05, 0) is 43.5 Å². The van der Waals surface area contributed by atoms with Gasteiger partial charge in [-0.3, -0.25) is 4.79 Å². The highest BCUT2D eigenvalue weighted by Gasteiger charge is 2.33. The molecule has 6 nitrogen and oxygen atoms in total. The zero-order chi connectivity index (χ0) is 18.1. The van der Waals surface area contributed by atoms with Gasteiger partial charge >= 0.3 is 6.03 Å². The molecule has 2 aliphatic rings. The quantitative estimate of drug-likeness (QED) is 0.904. The van der Waals surface area contributed by atoms with Crippen molar-refractivity contribution in [2.45, 2.75) is 32.4 Å². The van der Waals surface area contributed by atoms with E-state index < -0.39 is 0 Å². The Labute approximate surface area is 153 Å². The number of aromatic nitrogens is 1. The van der Waals surface area contributed by atoms with Crippen LogP contribution >= 0.6 is 0 Å². The molecule has 0 radical (unpaired) electrons. The molecule has 1 atom stereocenters. The second kappa shape index (κ2) is 6.86. The van der Waals surface area contributed by atoms with Crippen molar-refractivity contribution in [1.29, 1.82) is 0 Å². The van der Waals surface area contributed by atoms with Crippen LogP contribution in [0.15, 0.2) is 47.4 Å². The molecular weight excluding hydrogens is 328 g/mol. The maximum atomic E-state index is 12.8. The summed E-state index contributed by atoms with van der Waals surface area (Å²) in [6, 6.07) is 12.1. The van der Waals surface area contributed by atoms with Crippen molar-refractivity contribution in [3.63, 3.8) is 0 Å². The molecule has 1 fully saturated rings. The number of benzene rings is 1. The van der Waals surface area contributed by atoms with Crippen LogP contribution in [-0.4, -0.2) is 41.2 Å². The Morgan fingerprint density at radius 3 is 2.88 bits per heavy atom. The minimum absolute atomic E-state index is 0.159. The lowest BCUT2D eigenvalue weighted by molar-refractivity contribution is 0.211. The third kappa shape index (κ3) is 2.96. The van der Waals surface area contributed by atoms with Gasteiger partial charge in [-0.25, -0.2) is 4.79 Å². The summed E-state index contributed by atoms with van der Waals surface area (Å²) >= 11 is 0. The van der Waals surface area contributed by atoms with Crippen molar-refractivity contribution in [2.75, 3.05) is 29.9 Å². The lowest BCUT2D eigenvalue weighted by Gasteiger charge is -2.27. The Bertz CT molecular complexity index is 876. The molecule has 1 N–H and O–H groups in total. The van der Waals surface area contributed by atoms with Gasteiger partial charge in [-0.15, -0.1) is 0 Å². The SMILES string of the molecule is CCn1cccc(NC(=O)N2CCCN3c4ccccc4CC3C2)c1=O. The third-order valence-corrected chi connectivity index (χ3v) is 5.35. The summed E-state index contributed by atoms with van der Waals surface area (Å²) in [6.07, 6.45) is 3.62. The zero-order valence-corrected chi connectivity index (χ0v) is 15.0. The zero-order valence-electron chi connectivity index (χ0n) is 15.0. The van der Waals surface area contributed by atoms with E-state index in [9.17, 15) is 9.59 Å². The number of carbonyl (C=O) groups excluding carboxylic acids is 1. The summed E-state index contributed by atoms with van der Waals surface area (Å²) < 4.78 is 1.59. The van der Waals surface area contributed by atoms with Crippen LogP contribution in [0.2, 0.25) is 0 Å². The van der Waals surface area contributed by atoms with Crippen molar-refractivity contribution in [3.8, 4) is 0 Å². The molecule has 2 aromatic rings. The molecule has 1 aromatic carbocycles. The second-order valence-electron chi connectivity index (χ2n) is 6.92. The lowest BCUT2D eigenvalue weighted by atomic mass is 10.1. The molecular formula is C20H24N4O2. The first-order valence-electron chi connectivity index (χ1n) is 9.27. The van der Waals surface area contributed by atoms with Gasteiger partial charge in [0.05, 0.1) is 6.04 Å². The van der Waals surface area contributed by atoms with Gasteiger partial charge in [0.15, 0.2) is 0 Å². The van der Waals surface area contributed by atoms with Gasteiger partial charge in [0.25, 0.3) is 5.56 Å². The van der Waals surface area contributed by atoms with E-state index in [0.717, 1.165) is 19.4 Å². The summed E-state index contributed by atoms with van der Waals surface area (Å²) in [7, 11) is 0. The standard InChI is InChI=1S/C20H24N4O2/c1-2-22-10-5-8-17(19(22)25)21-20(26)23-11-6-12-24-16(14-23)13-15-7-3-4-9-18(15)24/h3-5,7-10,16H,2,6,11-14H2,1H3,(H,21,26). The molecule has 26 heavy (non-hydrogen) atoms. The number of fused-ring (bicyclic) bond motifs is 3. The largest absolute Gasteiger partial charge is 0.366 e. The molecule has 3 heterocycles. The molecule has 0 bridgehead atoms. The predicted octanol–water partition coefficient (Wildman–Crippen LogP) is 2.54. The molecule has 2 amide bonds. The number of para-hydroxylation sites is 1. The maximum Gasteiger partial charge on any atom is 0.322 e. The van der Waals surface area contributed by atoms with Crippen molar-refractivity contribution in [2.24, 2.45) is 0 Å². The average Bonchev–Trinajstić information content (AvgIpc) is 2.86. The smallest absolute Gasteiger partial charge is 0.322 e. The third-order valence-electron chi connectivity index (χ3n) is 5.35. The molecule has 0 aliphatic carbocycles. The van der Waals surface area contributed by atoms with Gasteiger partial charge in [-0.1, -0.05) is 18.2 Å². The number of anilines is 2. The number of carbonyl (C=O) groups is 1. The van der Waals surface area contributed by atoms with Crippen molar-refractivity contribution in [3.05, 3.63) is 58.5 Å². The average molecular weight is 352 g/mol. The normalized spacial score (nSPS) is 18.9. The number of aryl methyl sites for hydroxylation is 1. The number of rotatable bonds is 2. The van der Waals surface area contributed by atoms with Crippen LogP contribution < -0.4 is 15.8 Å². The van der Waals surface area contributed by atoms with Crippen LogP contribution in [0, 0.1) is 0 Å². The fourth-order valence-corrected chi connectivity index (χ4v) is 4.03. The number of pyridine rings is 1. The van der Waals surface area contributed by atoms with Gasteiger partial charge < -0.3 is 19.7 Å². The Morgan fingerprint density at radius 1 is 1.19 bits per heavy atom. The molecule has 1 unspecified atom stereocenters. The summed E-state index contributed by atoms with van der Waals surface area (Å²) in [5, 5.41) is 2.82. The highest BCUT2D eigenvalue weighted by Crippen LogP contribution is 2.33. The van der Waals surface area contributed by atoms with Crippen LogP contribution in [0.3, 0.4) is 0 Å². The molecule has 136 valence electrons. The molecule has 0 spiro atoms. The first-order valence-corrected chi connectivity index (χ1v) is 9.27. The maximum absolute atomic E-state index is 12.8. The topological polar surface area (TPSA) is 57.6 Å². The summed E-state index contributed by atoms with van der Waals surface area (Å²) in [4.78, 5) is 29.4. The van der Waals surface area contributed by atoms with Crippen molar-refractivity contribution >= 4 is 17.4 Å². The molecule has 2 aliphatic heterocycles. The molecule has 4 rings (SSSR count). The summed E-state index contributed by atoms with van der Waals surface area (Å²) in [5.74, 6) is 0. The fourth-order valence-electron chi connectivity index (χ4n) is 4.03. The first kappa shape index (κ1) is 16.7. The summed E-state index contributed by atoms with van der Waals surface area (Å²) in [6.45, 7) is 4.83. The summed E-state index contributed by atoms with van der Waals surface area (Å²) in [5.41, 5.74) is 2.84. The highest BCUT2D eigenvalue weighted by molar-refractivity contribution is 5.89. The Hall–Kier alpha value is -2.76. The van der Waals surface area contributed by atoms with E-state index in [1.807, 2.05) is 11.8 Å². The van der Waals surface area contributed by atoms with Crippen molar-refractivity contribution in [1.82, 2.24) is 9.47 Å². The first-order chi connectivity index (χ1) is 12.7. The van der Waals surface area contributed by atoms with Crippen LogP contribution in [-0.2, 0) is 13.0 Å². The number of nitrogens with one attached hydrogen (secondary N) is 1. The number of hydrogen-bond acceptors (Lipinski definition) is 3. The minimum Gasteiger partial charge on any atom is -0.366 e. The molecule has 1 aromatic heterocycles. The van der Waals surface area contributed by atoms with Crippen LogP contribution in [0.25, 0.3) is 0 Å². The van der Waals surface area contributed by atoms with Crippen LogP contribution in [0.5, 0.6) is 0 Å². The molecule has 1 saturated heterocycles. The Balaban J connectivity index is 1.49. The van der Waals surface area contributed by atoms with Gasteiger partial charge in [0.2, 0.25) is 0 Å². The minimum atomic E-state index is -0.186. The number of nitrogens with zero attached hydrogens (tertiary/aromatic N) is 3. The van der Waals surface area contributed by atoms with E-state index in [-0.39, 0.29) is 11.6 Å². The number of amides is 2. The van der Waals surface area contributed by atoms with E-state index in [4.69, 9.17) is 0 Å². The monoisotopic (exact) mass is 352 g/mol. The Morgan fingerprint density at radius 2 is 2.04 bits per heavy atom. The van der Waals surface area contributed by atoms with Gasteiger partial charge in [0, 0.05) is 38.1 Å². The van der Waals surface area contributed by atoms with Crippen molar-refractivity contribution < 1.29 is 4.79 Å². The molecule has 0 saturated carbocycles. The number of urea groups is 1. The Kier molecular flexibility index (Phi) is 4.41. The van der Waals surface area contributed by atoms with E-state index >= 15 is 0 Å². The van der Waals surface area contributed by atoms with Crippen LogP contribution in [0.1, 0.15) is 18.9 Å². The van der Waals surface area contributed by atoms with E-state index in [0.29, 0.717) is 31.4 Å². The van der Waals surface area contributed by atoms with Gasteiger partial charge in [-0.2, -0.15) is 0 Å². The molecule has 6 heteroatoms. The number of hydrogen-bond donors (Lipinski definition) is 1. The van der Waals surface area contributed by atoms with Gasteiger partial charge in [0.1, 0.15) is 5.69 Å². The second-order valence-corrected chi connectivity index (χ2v) is 6.92. The van der Waals surface area contributed by atoms with E-state index in [1.165, 1.54) is 11.3 Å². The van der Waals surface area contributed by atoms with E-state index in [2.05, 4.69) is 34.5 Å². The predicted molar refractivity (Wildman–Crippen MR) is 103 cm³/mol. The van der Waals surface area contributed by atoms with E-state index in [1.54, 1.807) is 22.9 Å².